The highest BCUT2D eigenvalue weighted by Gasteiger charge is 2.18. The van der Waals surface area contributed by atoms with Crippen molar-refractivity contribution in [1.29, 1.82) is 0 Å². The lowest BCUT2D eigenvalue weighted by atomic mass is 10.1. The van der Waals surface area contributed by atoms with Gasteiger partial charge >= 0.3 is 0 Å². The molecule has 0 radical (unpaired) electrons. The summed E-state index contributed by atoms with van der Waals surface area (Å²) < 4.78 is 0. The number of nitrogens with one attached hydrogen (secondary N) is 1. The number of nitrogens with zero attached hydrogens (tertiary/aromatic N) is 4. The summed E-state index contributed by atoms with van der Waals surface area (Å²) in [5.74, 6) is 0.536. The molecule has 0 atom stereocenters. The van der Waals surface area contributed by atoms with Gasteiger partial charge in [-0.05, 0) is 35.4 Å². The molecule has 0 amide bonds. The van der Waals surface area contributed by atoms with E-state index in [0.717, 1.165) is 66.1 Å². The van der Waals surface area contributed by atoms with Crippen molar-refractivity contribution in [2.24, 2.45) is 0 Å². The van der Waals surface area contributed by atoms with Gasteiger partial charge in [0.2, 0.25) is 0 Å². The molecule has 0 aliphatic carbocycles. The summed E-state index contributed by atoms with van der Waals surface area (Å²) in [6.07, 6.45) is 3.38. The van der Waals surface area contributed by atoms with Gasteiger partial charge in [-0.3, -0.25) is 9.80 Å². The first kappa shape index (κ1) is 18.4. The van der Waals surface area contributed by atoms with Crippen LogP contribution in [0.2, 0.25) is 5.02 Å². The fourth-order valence-corrected chi connectivity index (χ4v) is 4.29. The first-order valence-corrected chi connectivity index (χ1v) is 10.2. The summed E-state index contributed by atoms with van der Waals surface area (Å²) in [5.41, 5.74) is 10.5. The lowest BCUT2D eigenvalue weighted by Crippen LogP contribution is -2.45. The molecule has 1 fully saturated rings. The number of aromatic amines is 1. The average molecular weight is 407 g/mol. The lowest BCUT2D eigenvalue weighted by Gasteiger charge is -2.34. The van der Waals surface area contributed by atoms with Crippen LogP contribution in [0.5, 0.6) is 0 Å². The highest BCUT2D eigenvalue weighted by atomic mass is 35.5. The molecule has 0 spiro atoms. The summed E-state index contributed by atoms with van der Waals surface area (Å²) >= 11 is 6.26. The molecule has 1 aliphatic heterocycles. The Hall–Kier alpha value is -2.67. The molecular weight excluding hydrogens is 384 g/mol. The van der Waals surface area contributed by atoms with E-state index in [1.807, 2.05) is 12.3 Å². The second kappa shape index (κ2) is 7.63. The van der Waals surface area contributed by atoms with E-state index < -0.39 is 0 Å². The first-order chi connectivity index (χ1) is 14.2. The van der Waals surface area contributed by atoms with E-state index in [9.17, 15) is 0 Å². The van der Waals surface area contributed by atoms with Crippen LogP contribution >= 0.6 is 11.6 Å². The van der Waals surface area contributed by atoms with Gasteiger partial charge in [0.05, 0.1) is 10.5 Å². The third-order valence-electron chi connectivity index (χ3n) is 5.70. The van der Waals surface area contributed by atoms with E-state index >= 15 is 0 Å². The highest BCUT2D eigenvalue weighted by Crippen LogP contribution is 2.25. The van der Waals surface area contributed by atoms with Gasteiger partial charge in [0.1, 0.15) is 12.1 Å². The third kappa shape index (κ3) is 3.79. The van der Waals surface area contributed by atoms with Crippen molar-refractivity contribution in [2.75, 3.05) is 31.9 Å². The van der Waals surface area contributed by atoms with Crippen molar-refractivity contribution in [3.8, 4) is 0 Å². The van der Waals surface area contributed by atoms with Crippen molar-refractivity contribution < 1.29 is 0 Å². The van der Waals surface area contributed by atoms with Crippen LogP contribution in [-0.4, -0.2) is 50.9 Å². The number of nitrogen functional groups attached to an aromatic ring is 1. The zero-order chi connectivity index (χ0) is 19.8. The Morgan fingerprint density at radius 1 is 0.897 bits per heavy atom. The van der Waals surface area contributed by atoms with E-state index in [1.165, 1.54) is 17.5 Å². The molecular formula is C22H23ClN6. The molecule has 148 valence electrons. The van der Waals surface area contributed by atoms with Crippen LogP contribution in [-0.2, 0) is 13.1 Å². The maximum atomic E-state index is 6.26. The van der Waals surface area contributed by atoms with Crippen molar-refractivity contribution in [3.63, 3.8) is 0 Å². The Bertz CT molecular complexity index is 1160. The Morgan fingerprint density at radius 3 is 2.34 bits per heavy atom. The molecule has 29 heavy (non-hydrogen) atoms. The Balaban J connectivity index is 1.20. The first-order valence-electron chi connectivity index (χ1n) is 9.85. The Morgan fingerprint density at radius 2 is 1.59 bits per heavy atom. The van der Waals surface area contributed by atoms with Crippen LogP contribution in [0.15, 0.2) is 48.9 Å². The average Bonchev–Trinajstić information content (AvgIpc) is 3.10. The maximum Gasteiger partial charge on any atom is 0.134 e. The van der Waals surface area contributed by atoms with Crippen molar-refractivity contribution >= 4 is 39.2 Å². The number of hydrogen-bond donors (Lipinski definition) is 2. The van der Waals surface area contributed by atoms with Gasteiger partial charge in [-0.1, -0.05) is 23.7 Å². The SMILES string of the molecule is Nc1ncnc2cc(CN3CCN(Cc4ccc5[nH]cc(Cl)c5c4)CC3)ccc12. The normalized spacial score (nSPS) is 16.0. The number of fused-ring (bicyclic) bond motifs is 2. The van der Waals surface area contributed by atoms with Crippen molar-refractivity contribution in [3.05, 3.63) is 65.1 Å². The predicted molar refractivity (Wildman–Crippen MR) is 118 cm³/mol. The van der Waals surface area contributed by atoms with Gasteiger partial charge < -0.3 is 10.7 Å². The largest absolute Gasteiger partial charge is 0.383 e. The summed E-state index contributed by atoms with van der Waals surface area (Å²) in [6, 6.07) is 12.8. The highest BCUT2D eigenvalue weighted by molar-refractivity contribution is 6.35. The minimum Gasteiger partial charge on any atom is -0.383 e. The fraction of sp³-hybridized carbons (Fsp3) is 0.273. The van der Waals surface area contributed by atoms with Crippen LogP contribution in [0.4, 0.5) is 5.82 Å². The number of anilines is 1. The van der Waals surface area contributed by atoms with Gasteiger partial charge in [0.15, 0.2) is 0 Å². The molecule has 7 heteroatoms. The molecule has 4 aromatic rings. The number of rotatable bonds is 4. The van der Waals surface area contributed by atoms with E-state index in [1.54, 1.807) is 0 Å². The molecule has 6 nitrogen and oxygen atoms in total. The summed E-state index contributed by atoms with van der Waals surface area (Å²) in [4.78, 5) is 16.6. The van der Waals surface area contributed by atoms with Crippen LogP contribution in [0.1, 0.15) is 11.1 Å². The summed E-state index contributed by atoms with van der Waals surface area (Å²) in [7, 11) is 0. The second-order valence-corrected chi connectivity index (χ2v) is 8.09. The van der Waals surface area contributed by atoms with Crippen molar-refractivity contribution in [2.45, 2.75) is 13.1 Å². The molecule has 0 bridgehead atoms. The molecule has 0 saturated carbocycles. The van der Waals surface area contributed by atoms with Gasteiger partial charge in [-0.15, -0.1) is 0 Å². The van der Waals surface area contributed by atoms with E-state index in [4.69, 9.17) is 17.3 Å². The summed E-state index contributed by atoms with van der Waals surface area (Å²) in [5, 5.41) is 2.80. The molecule has 3 heterocycles. The minimum atomic E-state index is 0.536. The Labute approximate surface area is 174 Å². The number of piperazine rings is 1. The monoisotopic (exact) mass is 406 g/mol. The van der Waals surface area contributed by atoms with Crippen LogP contribution in [0.3, 0.4) is 0 Å². The quantitative estimate of drug-likeness (QED) is 0.541. The van der Waals surface area contributed by atoms with Gasteiger partial charge in [-0.2, -0.15) is 0 Å². The molecule has 5 rings (SSSR count). The molecule has 0 unspecified atom stereocenters. The molecule has 2 aromatic carbocycles. The van der Waals surface area contributed by atoms with E-state index in [-0.39, 0.29) is 0 Å². The molecule has 2 aromatic heterocycles. The van der Waals surface area contributed by atoms with Gasteiger partial charge in [0.25, 0.3) is 0 Å². The number of H-pyrrole nitrogens is 1. The van der Waals surface area contributed by atoms with Gasteiger partial charge in [0, 0.05) is 61.8 Å². The minimum absolute atomic E-state index is 0.536. The van der Waals surface area contributed by atoms with Crippen molar-refractivity contribution in [1.82, 2.24) is 24.8 Å². The standard InChI is InChI=1S/C22H23ClN6/c23-19-11-25-20-4-2-15(9-18(19)20)12-28-5-7-29(8-6-28)13-16-1-3-17-21(10-16)26-14-27-22(17)24/h1-4,9-11,14,25H,5-8,12-13H2,(H2,24,26,27). The number of nitrogens with two attached hydrogens (primary N) is 1. The van der Waals surface area contributed by atoms with E-state index in [2.05, 4.69) is 55.1 Å². The smallest absolute Gasteiger partial charge is 0.134 e. The van der Waals surface area contributed by atoms with Crippen LogP contribution in [0.25, 0.3) is 21.8 Å². The molecule has 3 N–H and O–H groups in total. The van der Waals surface area contributed by atoms with Gasteiger partial charge in [-0.25, -0.2) is 9.97 Å². The fourth-order valence-electron chi connectivity index (χ4n) is 4.08. The molecule has 1 aliphatic rings. The summed E-state index contributed by atoms with van der Waals surface area (Å²) in [6.45, 7) is 6.10. The topological polar surface area (TPSA) is 74.1 Å². The lowest BCUT2D eigenvalue weighted by molar-refractivity contribution is 0.122. The zero-order valence-electron chi connectivity index (χ0n) is 16.1. The second-order valence-electron chi connectivity index (χ2n) is 7.68. The Kier molecular flexibility index (Phi) is 4.83. The third-order valence-corrected chi connectivity index (χ3v) is 6.02. The molecule has 1 saturated heterocycles. The number of benzene rings is 2. The number of aromatic nitrogens is 3. The maximum absolute atomic E-state index is 6.26. The van der Waals surface area contributed by atoms with Crippen LogP contribution < -0.4 is 5.73 Å². The number of hydrogen-bond acceptors (Lipinski definition) is 5. The predicted octanol–water partition coefficient (Wildman–Crippen LogP) is 3.66. The number of halogens is 1. The van der Waals surface area contributed by atoms with Crippen LogP contribution in [0, 0.1) is 0 Å². The van der Waals surface area contributed by atoms with E-state index in [0.29, 0.717) is 5.82 Å². The zero-order valence-corrected chi connectivity index (χ0v) is 16.9.